The lowest BCUT2D eigenvalue weighted by Gasteiger charge is -2.06. The number of nitrogens with zero attached hydrogens (tertiary/aromatic N) is 2. The lowest BCUT2D eigenvalue weighted by molar-refractivity contribution is -0.135. The Balaban J connectivity index is 2.28. The molecule has 2 N–H and O–H groups in total. The number of carbonyl (C=O) groups excluding carboxylic acids is 1. The van der Waals surface area contributed by atoms with Gasteiger partial charge in [-0.15, -0.1) is 5.11 Å². The van der Waals surface area contributed by atoms with Gasteiger partial charge in [0.05, 0.1) is 18.4 Å². The van der Waals surface area contributed by atoms with Gasteiger partial charge in [0.2, 0.25) is 0 Å². The standard InChI is InChI=1S/C16H14ClN3O4/c1-24-12-5-2-10(3-6-12)16(23)13-8-11(17)4-7-14(13)19-20-18-9-15(21)22/h2-8H,9H2,1H3,(H,18,19)(H,21,22). The van der Waals surface area contributed by atoms with Crippen LogP contribution in [0.25, 0.3) is 0 Å². The summed E-state index contributed by atoms with van der Waals surface area (Å²) >= 11 is 5.96. The van der Waals surface area contributed by atoms with E-state index in [-0.39, 0.29) is 23.6 Å². The Labute approximate surface area is 142 Å². The summed E-state index contributed by atoms with van der Waals surface area (Å²) in [7, 11) is 1.54. The highest BCUT2D eigenvalue weighted by Gasteiger charge is 2.15. The molecule has 0 bridgehead atoms. The molecule has 0 saturated heterocycles. The number of benzene rings is 2. The van der Waals surface area contributed by atoms with Crippen LogP contribution in [0.4, 0.5) is 5.69 Å². The molecule has 0 atom stereocenters. The third kappa shape index (κ3) is 4.53. The van der Waals surface area contributed by atoms with Gasteiger partial charge in [-0.25, -0.2) is 0 Å². The minimum Gasteiger partial charge on any atom is -0.497 e. The first-order chi connectivity index (χ1) is 11.5. The van der Waals surface area contributed by atoms with E-state index in [1.165, 1.54) is 19.2 Å². The summed E-state index contributed by atoms with van der Waals surface area (Å²) in [5.41, 5.74) is 3.24. The lowest BCUT2D eigenvalue weighted by Crippen LogP contribution is -2.16. The van der Waals surface area contributed by atoms with Crippen LogP contribution in [0.5, 0.6) is 5.75 Å². The molecule has 2 aromatic carbocycles. The number of ether oxygens (including phenoxy) is 1. The molecule has 124 valence electrons. The molecule has 0 saturated carbocycles. The van der Waals surface area contributed by atoms with Gasteiger partial charge < -0.3 is 9.84 Å². The van der Waals surface area contributed by atoms with E-state index in [9.17, 15) is 9.59 Å². The van der Waals surface area contributed by atoms with Crippen molar-refractivity contribution < 1.29 is 19.4 Å². The Morgan fingerprint density at radius 2 is 1.92 bits per heavy atom. The number of ketones is 1. The minimum atomic E-state index is -1.07. The number of methoxy groups -OCH3 is 1. The summed E-state index contributed by atoms with van der Waals surface area (Å²) in [6.07, 6.45) is 0. The van der Waals surface area contributed by atoms with Crippen LogP contribution in [0.1, 0.15) is 15.9 Å². The summed E-state index contributed by atoms with van der Waals surface area (Å²) in [5, 5.41) is 16.3. The SMILES string of the molecule is COc1ccc(C(=O)c2cc(Cl)ccc2N=NNCC(=O)O)cc1. The van der Waals surface area contributed by atoms with E-state index in [1.807, 2.05) is 0 Å². The largest absolute Gasteiger partial charge is 0.497 e. The highest BCUT2D eigenvalue weighted by atomic mass is 35.5. The summed E-state index contributed by atoms with van der Waals surface area (Å²) in [5.74, 6) is -0.720. The van der Waals surface area contributed by atoms with E-state index in [0.717, 1.165) is 0 Å². The van der Waals surface area contributed by atoms with Crippen molar-refractivity contribution in [2.24, 2.45) is 10.3 Å². The van der Waals surface area contributed by atoms with Crippen LogP contribution in [-0.2, 0) is 4.79 Å². The topological polar surface area (TPSA) is 100 Å². The molecule has 24 heavy (non-hydrogen) atoms. The van der Waals surface area contributed by atoms with Crippen LogP contribution in [-0.4, -0.2) is 30.5 Å². The second kappa shape index (κ2) is 8.07. The number of carboxylic acids is 1. The van der Waals surface area contributed by atoms with Crippen molar-refractivity contribution in [3.8, 4) is 5.75 Å². The third-order valence-electron chi connectivity index (χ3n) is 3.01. The predicted molar refractivity (Wildman–Crippen MR) is 88.0 cm³/mol. The smallest absolute Gasteiger partial charge is 0.324 e. The van der Waals surface area contributed by atoms with E-state index >= 15 is 0 Å². The zero-order valence-electron chi connectivity index (χ0n) is 12.7. The van der Waals surface area contributed by atoms with Gasteiger partial charge >= 0.3 is 5.97 Å². The number of hydrogen-bond donors (Lipinski definition) is 2. The molecule has 0 aliphatic carbocycles. The number of nitrogens with one attached hydrogen (secondary N) is 1. The molecule has 0 heterocycles. The average molecular weight is 348 g/mol. The fourth-order valence-corrected chi connectivity index (χ4v) is 2.04. The molecule has 8 heteroatoms. The Morgan fingerprint density at radius 1 is 1.21 bits per heavy atom. The predicted octanol–water partition coefficient (Wildman–Crippen LogP) is 3.25. The minimum absolute atomic E-state index is 0.258. The van der Waals surface area contributed by atoms with Gasteiger partial charge in [0, 0.05) is 10.6 Å². The van der Waals surface area contributed by atoms with Crippen LogP contribution in [0, 0.1) is 0 Å². The van der Waals surface area contributed by atoms with E-state index < -0.39 is 5.97 Å². The second-order valence-electron chi connectivity index (χ2n) is 4.65. The van der Waals surface area contributed by atoms with Gasteiger partial charge in [-0.1, -0.05) is 16.8 Å². The first kappa shape index (κ1) is 17.4. The normalized spacial score (nSPS) is 10.6. The van der Waals surface area contributed by atoms with Crippen LogP contribution in [0.15, 0.2) is 52.8 Å². The average Bonchev–Trinajstić information content (AvgIpc) is 2.59. The van der Waals surface area contributed by atoms with Crippen LogP contribution < -0.4 is 10.2 Å². The van der Waals surface area contributed by atoms with E-state index in [2.05, 4.69) is 15.8 Å². The highest BCUT2D eigenvalue weighted by Crippen LogP contribution is 2.26. The Hall–Kier alpha value is -2.93. The zero-order valence-corrected chi connectivity index (χ0v) is 13.4. The maximum absolute atomic E-state index is 12.6. The van der Waals surface area contributed by atoms with Crippen LogP contribution in [0.3, 0.4) is 0 Å². The molecule has 0 amide bonds. The number of aliphatic carboxylic acids is 1. The molecule has 2 aromatic rings. The zero-order chi connectivity index (χ0) is 17.5. The molecule has 0 radical (unpaired) electrons. The van der Waals surface area contributed by atoms with Crippen molar-refractivity contribution in [3.05, 3.63) is 58.6 Å². The van der Waals surface area contributed by atoms with Crippen molar-refractivity contribution in [3.63, 3.8) is 0 Å². The summed E-state index contributed by atoms with van der Waals surface area (Å²) in [6.45, 7) is -0.376. The maximum atomic E-state index is 12.6. The van der Waals surface area contributed by atoms with Crippen molar-refractivity contribution in [1.29, 1.82) is 0 Å². The third-order valence-corrected chi connectivity index (χ3v) is 3.25. The molecule has 0 fully saturated rings. The number of carbonyl (C=O) groups is 2. The molecule has 7 nitrogen and oxygen atoms in total. The van der Waals surface area contributed by atoms with Gasteiger partial charge in [-0.3, -0.25) is 15.0 Å². The van der Waals surface area contributed by atoms with Gasteiger partial charge in [0.15, 0.2) is 5.78 Å². The number of halogens is 1. The quantitative estimate of drug-likeness (QED) is 0.455. The van der Waals surface area contributed by atoms with Gasteiger partial charge in [-0.2, -0.15) is 0 Å². The Kier molecular flexibility index (Phi) is 5.86. The molecular weight excluding hydrogens is 334 g/mol. The second-order valence-corrected chi connectivity index (χ2v) is 5.08. The Bertz CT molecular complexity index is 775. The number of carboxylic acid groups (broad SMARTS) is 1. The van der Waals surface area contributed by atoms with Crippen molar-refractivity contribution in [1.82, 2.24) is 5.43 Å². The molecule has 0 aromatic heterocycles. The van der Waals surface area contributed by atoms with Gasteiger partial charge in [-0.05, 0) is 42.5 Å². The van der Waals surface area contributed by atoms with Crippen molar-refractivity contribution in [2.75, 3.05) is 13.7 Å². The van der Waals surface area contributed by atoms with Gasteiger partial charge in [0.1, 0.15) is 12.3 Å². The number of hydrogen-bond acceptors (Lipinski definition) is 5. The Morgan fingerprint density at radius 3 is 2.54 bits per heavy atom. The molecule has 0 spiro atoms. The summed E-state index contributed by atoms with van der Waals surface area (Å²) in [4.78, 5) is 23.1. The van der Waals surface area contributed by atoms with Crippen molar-refractivity contribution in [2.45, 2.75) is 0 Å². The molecule has 0 aliphatic heterocycles. The first-order valence-corrected chi connectivity index (χ1v) is 7.22. The fourth-order valence-electron chi connectivity index (χ4n) is 1.87. The lowest BCUT2D eigenvalue weighted by atomic mass is 10.0. The molecular formula is C16H14ClN3O4. The molecule has 0 aliphatic rings. The van der Waals surface area contributed by atoms with E-state index in [1.54, 1.807) is 30.3 Å². The molecule has 0 unspecified atom stereocenters. The van der Waals surface area contributed by atoms with Crippen LogP contribution in [0.2, 0.25) is 5.02 Å². The highest BCUT2D eigenvalue weighted by molar-refractivity contribution is 6.31. The summed E-state index contributed by atoms with van der Waals surface area (Å²) < 4.78 is 5.06. The summed E-state index contributed by atoms with van der Waals surface area (Å²) in [6, 6.07) is 11.2. The monoisotopic (exact) mass is 347 g/mol. The van der Waals surface area contributed by atoms with Crippen LogP contribution >= 0.6 is 11.6 Å². The van der Waals surface area contributed by atoms with Gasteiger partial charge in [0.25, 0.3) is 0 Å². The maximum Gasteiger partial charge on any atom is 0.324 e. The van der Waals surface area contributed by atoms with Crippen molar-refractivity contribution >= 4 is 29.0 Å². The number of rotatable bonds is 7. The fraction of sp³-hybridized carbons (Fsp3) is 0.125. The van der Waals surface area contributed by atoms with E-state index in [4.69, 9.17) is 21.4 Å². The first-order valence-electron chi connectivity index (χ1n) is 6.85. The van der Waals surface area contributed by atoms with E-state index in [0.29, 0.717) is 16.3 Å². The molecule has 2 rings (SSSR count).